The number of hydrogen-bond acceptors (Lipinski definition) is 4. The van der Waals surface area contributed by atoms with Crippen molar-refractivity contribution in [3.8, 4) is 0 Å². The van der Waals surface area contributed by atoms with E-state index in [9.17, 15) is 67.7 Å². The van der Waals surface area contributed by atoms with Gasteiger partial charge in [0.2, 0.25) is 0 Å². The SMILES string of the molecule is C=CC(=O)OC(CC(=C)C(O)(C(F)(F)F)C(F)(F)F)CC(C)C(O)(C(F)(F)F)C(F)(F)F. The Morgan fingerprint density at radius 2 is 1.25 bits per heavy atom. The third-order valence-corrected chi connectivity index (χ3v) is 4.45. The van der Waals surface area contributed by atoms with Crippen LogP contribution in [0.2, 0.25) is 0 Å². The first-order valence-corrected chi connectivity index (χ1v) is 8.10. The molecule has 0 aromatic carbocycles. The van der Waals surface area contributed by atoms with E-state index >= 15 is 0 Å². The molecular formula is C16H16F12O4. The van der Waals surface area contributed by atoms with Crippen molar-refractivity contribution >= 4 is 5.97 Å². The number of hydrogen-bond donors (Lipinski definition) is 2. The molecule has 0 rings (SSSR count). The Kier molecular flexibility index (Phi) is 8.55. The largest absolute Gasteiger partial charge is 0.459 e. The number of esters is 1. The Bertz CT molecular complexity index is 674. The molecule has 2 unspecified atom stereocenters. The monoisotopic (exact) mass is 500 g/mol. The van der Waals surface area contributed by atoms with Crippen LogP contribution in [-0.4, -0.2) is 58.2 Å². The second-order valence-electron chi connectivity index (χ2n) is 6.68. The van der Waals surface area contributed by atoms with Crippen LogP contribution >= 0.6 is 0 Å². The maximum Gasteiger partial charge on any atom is 0.430 e. The molecule has 0 heterocycles. The van der Waals surface area contributed by atoms with E-state index in [-0.39, 0.29) is 13.0 Å². The molecule has 188 valence electrons. The van der Waals surface area contributed by atoms with Crippen LogP contribution in [0.4, 0.5) is 52.7 Å². The Labute approximate surface area is 172 Å². The quantitative estimate of drug-likeness (QED) is 0.218. The van der Waals surface area contributed by atoms with Gasteiger partial charge in [-0.2, -0.15) is 52.7 Å². The van der Waals surface area contributed by atoms with Gasteiger partial charge in [-0.15, -0.1) is 0 Å². The van der Waals surface area contributed by atoms with Crippen molar-refractivity contribution in [2.75, 3.05) is 0 Å². The first-order valence-electron chi connectivity index (χ1n) is 8.10. The molecule has 0 aromatic heterocycles. The number of ether oxygens (including phenoxy) is 1. The van der Waals surface area contributed by atoms with E-state index in [2.05, 4.69) is 17.9 Å². The molecule has 0 aromatic rings. The van der Waals surface area contributed by atoms with Gasteiger partial charge in [0.1, 0.15) is 6.10 Å². The van der Waals surface area contributed by atoms with Crippen molar-refractivity contribution in [3.05, 3.63) is 24.8 Å². The van der Waals surface area contributed by atoms with Crippen LogP contribution in [0, 0.1) is 5.92 Å². The highest BCUT2D eigenvalue weighted by Crippen LogP contribution is 2.51. The van der Waals surface area contributed by atoms with Crippen molar-refractivity contribution in [1.82, 2.24) is 0 Å². The standard InChI is InChI=1S/C16H16F12O4/c1-4-10(29)32-9(5-7(2)11(30,13(17,18)19)14(20,21)22)6-8(3)12(31,15(23,24)25)16(26,27)28/h4,8-9,30-31H,1-2,5-6H2,3H3. The fourth-order valence-corrected chi connectivity index (χ4v) is 2.65. The van der Waals surface area contributed by atoms with E-state index in [1.54, 1.807) is 0 Å². The zero-order chi connectivity index (χ0) is 26.1. The first kappa shape index (κ1) is 30.0. The fourth-order valence-electron chi connectivity index (χ4n) is 2.65. The lowest BCUT2D eigenvalue weighted by atomic mass is 9.80. The van der Waals surface area contributed by atoms with Gasteiger partial charge in [0, 0.05) is 18.4 Å². The average Bonchev–Trinajstić information content (AvgIpc) is 2.55. The minimum absolute atomic E-state index is 0.123. The molecule has 0 fully saturated rings. The number of halogens is 12. The number of aliphatic hydroxyl groups is 2. The van der Waals surface area contributed by atoms with E-state index in [4.69, 9.17) is 0 Å². The number of carbonyl (C=O) groups is 1. The van der Waals surface area contributed by atoms with Gasteiger partial charge in [-0.1, -0.05) is 20.1 Å². The molecule has 0 aliphatic rings. The van der Waals surface area contributed by atoms with Crippen molar-refractivity contribution in [1.29, 1.82) is 0 Å². The van der Waals surface area contributed by atoms with Crippen molar-refractivity contribution in [2.45, 2.75) is 61.8 Å². The maximum atomic E-state index is 12.9. The summed E-state index contributed by atoms with van der Waals surface area (Å²) in [6.45, 7) is 5.32. The molecule has 0 radical (unpaired) electrons. The maximum absolute atomic E-state index is 12.9. The molecule has 0 aliphatic carbocycles. The topological polar surface area (TPSA) is 66.8 Å². The van der Waals surface area contributed by atoms with E-state index < -0.39 is 72.3 Å². The zero-order valence-corrected chi connectivity index (χ0v) is 15.8. The molecule has 0 saturated heterocycles. The van der Waals surface area contributed by atoms with Gasteiger partial charge < -0.3 is 14.9 Å². The van der Waals surface area contributed by atoms with Crippen LogP contribution in [-0.2, 0) is 9.53 Å². The van der Waals surface area contributed by atoms with Crippen LogP contribution in [0.15, 0.2) is 24.8 Å². The molecule has 0 aliphatic heterocycles. The molecule has 0 amide bonds. The Hall–Kier alpha value is -1.97. The summed E-state index contributed by atoms with van der Waals surface area (Å²) in [5.74, 6) is -4.64. The zero-order valence-electron chi connectivity index (χ0n) is 15.8. The second-order valence-corrected chi connectivity index (χ2v) is 6.68. The van der Waals surface area contributed by atoms with Crippen LogP contribution in [0.3, 0.4) is 0 Å². The summed E-state index contributed by atoms with van der Waals surface area (Å²) < 4.78 is 159. The molecule has 2 N–H and O–H groups in total. The predicted molar refractivity (Wildman–Crippen MR) is 81.7 cm³/mol. The number of carbonyl (C=O) groups excluding carboxylic acids is 1. The second kappa shape index (κ2) is 9.11. The van der Waals surface area contributed by atoms with Crippen LogP contribution in [0.25, 0.3) is 0 Å². The minimum Gasteiger partial charge on any atom is -0.459 e. The van der Waals surface area contributed by atoms with Crippen LogP contribution in [0.1, 0.15) is 19.8 Å². The van der Waals surface area contributed by atoms with Crippen LogP contribution in [0.5, 0.6) is 0 Å². The van der Waals surface area contributed by atoms with Gasteiger partial charge in [-0.3, -0.25) is 0 Å². The van der Waals surface area contributed by atoms with Gasteiger partial charge in [0.25, 0.3) is 11.2 Å². The Morgan fingerprint density at radius 1 is 0.875 bits per heavy atom. The van der Waals surface area contributed by atoms with E-state index in [0.29, 0.717) is 0 Å². The van der Waals surface area contributed by atoms with Crippen molar-refractivity contribution in [2.24, 2.45) is 5.92 Å². The van der Waals surface area contributed by atoms with E-state index in [1.165, 1.54) is 0 Å². The van der Waals surface area contributed by atoms with E-state index in [1.807, 2.05) is 0 Å². The number of alkyl halides is 12. The third kappa shape index (κ3) is 5.68. The molecular weight excluding hydrogens is 484 g/mol. The summed E-state index contributed by atoms with van der Waals surface area (Å²) >= 11 is 0. The average molecular weight is 500 g/mol. The highest BCUT2D eigenvalue weighted by atomic mass is 19.4. The van der Waals surface area contributed by atoms with Gasteiger partial charge in [-0.25, -0.2) is 4.79 Å². The molecule has 2 atom stereocenters. The summed E-state index contributed by atoms with van der Waals surface area (Å²) in [7, 11) is 0. The van der Waals surface area contributed by atoms with Gasteiger partial charge >= 0.3 is 30.7 Å². The highest BCUT2D eigenvalue weighted by Gasteiger charge is 2.74. The molecule has 0 spiro atoms. The predicted octanol–water partition coefficient (Wildman–Crippen LogP) is 4.77. The molecule has 0 bridgehead atoms. The van der Waals surface area contributed by atoms with Gasteiger partial charge in [0.15, 0.2) is 0 Å². The summed E-state index contributed by atoms with van der Waals surface area (Å²) in [6, 6.07) is 0. The first-order chi connectivity index (χ1) is 13.9. The highest BCUT2D eigenvalue weighted by molar-refractivity contribution is 5.81. The molecule has 4 nitrogen and oxygen atoms in total. The van der Waals surface area contributed by atoms with Crippen molar-refractivity contribution in [3.63, 3.8) is 0 Å². The summed E-state index contributed by atoms with van der Waals surface area (Å²) in [5.41, 5.74) is -13.3. The Balaban J connectivity index is 6.25. The molecule has 32 heavy (non-hydrogen) atoms. The van der Waals surface area contributed by atoms with E-state index in [0.717, 1.165) is 0 Å². The lowest BCUT2D eigenvalue weighted by molar-refractivity contribution is -0.384. The summed E-state index contributed by atoms with van der Waals surface area (Å²) in [5, 5.41) is 18.5. The third-order valence-electron chi connectivity index (χ3n) is 4.45. The summed E-state index contributed by atoms with van der Waals surface area (Å²) in [6.07, 6.45) is -31.6. The summed E-state index contributed by atoms with van der Waals surface area (Å²) in [4.78, 5) is 11.3. The Morgan fingerprint density at radius 3 is 1.53 bits per heavy atom. The normalized spacial score (nSPS) is 16.3. The van der Waals surface area contributed by atoms with Crippen molar-refractivity contribution < 1.29 is 72.4 Å². The number of rotatable bonds is 8. The molecule has 0 saturated carbocycles. The minimum atomic E-state index is -6.46. The van der Waals surface area contributed by atoms with Crippen LogP contribution < -0.4 is 0 Å². The lowest BCUT2D eigenvalue weighted by Gasteiger charge is -2.39. The van der Waals surface area contributed by atoms with Gasteiger partial charge in [-0.05, 0) is 12.0 Å². The smallest absolute Gasteiger partial charge is 0.430 e. The fraction of sp³-hybridized carbons (Fsp3) is 0.688. The lowest BCUT2D eigenvalue weighted by Crippen LogP contribution is -2.61. The molecule has 16 heteroatoms. The van der Waals surface area contributed by atoms with Gasteiger partial charge in [0.05, 0.1) is 0 Å².